The number of amides is 2. The van der Waals surface area contributed by atoms with E-state index in [1.165, 1.54) is 6.92 Å². The Morgan fingerprint density at radius 2 is 1.86 bits per heavy atom. The summed E-state index contributed by atoms with van der Waals surface area (Å²) in [5, 5.41) is 5.72. The Labute approximate surface area is 164 Å². The minimum atomic E-state index is -0.391. The van der Waals surface area contributed by atoms with Gasteiger partial charge in [0.15, 0.2) is 11.6 Å². The van der Waals surface area contributed by atoms with Crippen LogP contribution in [-0.4, -0.2) is 32.7 Å². The first-order chi connectivity index (χ1) is 13.2. The van der Waals surface area contributed by atoms with E-state index in [1.54, 1.807) is 24.3 Å². The van der Waals surface area contributed by atoms with Gasteiger partial charge in [-0.15, -0.1) is 0 Å². The average Bonchev–Trinajstić information content (AvgIpc) is 3.00. The number of carbonyl (C=O) groups excluding carboxylic acids is 3. The molecule has 2 amide bonds. The van der Waals surface area contributed by atoms with E-state index in [0.717, 1.165) is 18.5 Å². The SMILES string of the molecule is CC(=O)c1cccc(NC(=O)c2nc(C(=O)NC(C)(C)C)c3n2CCCC3)c1. The molecule has 0 aliphatic carbocycles. The van der Waals surface area contributed by atoms with E-state index in [4.69, 9.17) is 0 Å². The number of hydrogen-bond acceptors (Lipinski definition) is 4. The Balaban J connectivity index is 1.91. The van der Waals surface area contributed by atoms with Gasteiger partial charge in [-0.05, 0) is 59.1 Å². The van der Waals surface area contributed by atoms with Crippen LogP contribution in [-0.2, 0) is 13.0 Å². The Morgan fingerprint density at radius 3 is 2.54 bits per heavy atom. The lowest BCUT2D eigenvalue weighted by Crippen LogP contribution is -2.41. The Morgan fingerprint density at radius 1 is 1.11 bits per heavy atom. The van der Waals surface area contributed by atoms with Crippen LogP contribution in [0.3, 0.4) is 0 Å². The number of anilines is 1. The number of imidazole rings is 1. The van der Waals surface area contributed by atoms with Crippen LogP contribution in [0.2, 0.25) is 0 Å². The fourth-order valence-electron chi connectivity index (χ4n) is 3.30. The predicted octanol–water partition coefficient (Wildman–Crippen LogP) is 3.20. The number of fused-ring (bicyclic) bond motifs is 1. The molecule has 2 aromatic rings. The zero-order valence-corrected chi connectivity index (χ0v) is 16.8. The normalized spacial score (nSPS) is 13.6. The largest absolute Gasteiger partial charge is 0.346 e. The van der Waals surface area contributed by atoms with Crippen LogP contribution in [0.15, 0.2) is 24.3 Å². The van der Waals surface area contributed by atoms with Crippen molar-refractivity contribution in [3.05, 3.63) is 47.0 Å². The topological polar surface area (TPSA) is 93.1 Å². The molecule has 3 rings (SSSR count). The summed E-state index contributed by atoms with van der Waals surface area (Å²) in [5.74, 6) is -0.508. The molecular weight excluding hydrogens is 356 g/mol. The molecule has 0 saturated heterocycles. The standard InChI is InChI=1S/C21H26N4O3/c1-13(26)14-8-7-9-15(12-14)22-20(28)18-23-17(19(27)24-21(2,3)4)16-10-5-6-11-25(16)18/h7-9,12H,5-6,10-11H2,1-4H3,(H,22,28)(H,24,27). The van der Waals surface area contributed by atoms with Gasteiger partial charge < -0.3 is 15.2 Å². The minimum Gasteiger partial charge on any atom is -0.346 e. The van der Waals surface area contributed by atoms with E-state index < -0.39 is 11.4 Å². The maximum atomic E-state index is 12.9. The maximum absolute atomic E-state index is 12.9. The van der Waals surface area contributed by atoms with Crippen LogP contribution < -0.4 is 10.6 Å². The number of nitrogens with one attached hydrogen (secondary N) is 2. The fraction of sp³-hybridized carbons (Fsp3) is 0.429. The van der Waals surface area contributed by atoms with Crippen LogP contribution in [0, 0.1) is 0 Å². The van der Waals surface area contributed by atoms with E-state index in [0.29, 0.717) is 29.9 Å². The fourth-order valence-corrected chi connectivity index (χ4v) is 3.30. The lowest BCUT2D eigenvalue weighted by atomic mass is 10.1. The molecule has 1 aromatic carbocycles. The van der Waals surface area contributed by atoms with Crippen LogP contribution in [0.25, 0.3) is 0 Å². The molecular formula is C21H26N4O3. The molecule has 0 atom stereocenters. The van der Waals surface area contributed by atoms with E-state index in [1.807, 2.05) is 25.3 Å². The molecule has 2 heterocycles. The van der Waals surface area contributed by atoms with Crippen LogP contribution >= 0.6 is 0 Å². The first-order valence-electron chi connectivity index (χ1n) is 9.50. The quantitative estimate of drug-likeness (QED) is 0.794. The van der Waals surface area contributed by atoms with Gasteiger partial charge in [0, 0.05) is 23.3 Å². The molecule has 0 fully saturated rings. The van der Waals surface area contributed by atoms with Crippen molar-refractivity contribution in [1.29, 1.82) is 0 Å². The van der Waals surface area contributed by atoms with Crippen molar-refractivity contribution < 1.29 is 14.4 Å². The second-order valence-corrected chi connectivity index (χ2v) is 8.13. The lowest BCUT2D eigenvalue weighted by molar-refractivity contribution is 0.0912. The van der Waals surface area contributed by atoms with Gasteiger partial charge >= 0.3 is 0 Å². The van der Waals surface area contributed by atoms with Gasteiger partial charge in [-0.1, -0.05) is 12.1 Å². The summed E-state index contributed by atoms with van der Waals surface area (Å²) in [5.41, 5.74) is 1.77. The van der Waals surface area contributed by atoms with Crippen LogP contribution in [0.1, 0.15) is 77.7 Å². The smallest absolute Gasteiger partial charge is 0.291 e. The molecule has 0 spiro atoms. The van der Waals surface area contributed by atoms with Crippen molar-refractivity contribution in [2.45, 2.75) is 59.0 Å². The molecule has 0 bridgehead atoms. The van der Waals surface area contributed by atoms with Gasteiger partial charge in [-0.3, -0.25) is 14.4 Å². The van der Waals surface area contributed by atoms with Gasteiger partial charge in [0.1, 0.15) is 5.69 Å². The van der Waals surface area contributed by atoms with Crippen LogP contribution in [0.4, 0.5) is 5.69 Å². The summed E-state index contributed by atoms with van der Waals surface area (Å²) in [4.78, 5) is 41.5. The lowest BCUT2D eigenvalue weighted by Gasteiger charge is -2.21. The maximum Gasteiger partial charge on any atom is 0.291 e. The molecule has 7 heteroatoms. The summed E-state index contributed by atoms with van der Waals surface area (Å²) in [7, 11) is 0. The van der Waals surface area contributed by atoms with Crippen molar-refractivity contribution in [2.75, 3.05) is 5.32 Å². The molecule has 7 nitrogen and oxygen atoms in total. The Kier molecular flexibility index (Phi) is 5.36. The number of ketones is 1. The van der Waals surface area contributed by atoms with Crippen molar-refractivity contribution in [2.24, 2.45) is 0 Å². The van der Waals surface area contributed by atoms with Gasteiger partial charge in [0.25, 0.3) is 11.8 Å². The highest BCUT2D eigenvalue weighted by molar-refractivity contribution is 6.04. The molecule has 2 N–H and O–H groups in total. The Bertz CT molecular complexity index is 938. The molecule has 28 heavy (non-hydrogen) atoms. The Hall–Kier alpha value is -2.96. The van der Waals surface area contributed by atoms with Crippen molar-refractivity contribution in [3.63, 3.8) is 0 Å². The number of nitrogens with zero attached hydrogens (tertiary/aromatic N) is 2. The third kappa shape index (κ3) is 4.30. The molecule has 1 aromatic heterocycles. The van der Waals surface area contributed by atoms with Crippen molar-refractivity contribution in [3.8, 4) is 0 Å². The minimum absolute atomic E-state index is 0.0737. The average molecular weight is 382 g/mol. The van der Waals surface area contributed by atoms with E-state index in [-0.39, 0.29) is 17.5 Å². The number of benzene rings is 1. The van der Waals surface area contributed by atoms with Gasteiger partial charge in [0.2, 0.25) is 0 Å². The molecule has 148 valence electrons. The highest BCUT2D eigenvalue weighted by Crippen LogP contribution is 2.23. The molecule has 0 radical (unpaired) electrons. The van der Waals surface area contributed by atoms with E-state index in [9.17, 15) is 14.4 Å². The summed E-state index contributed by atoms with van der Waals surface area (Å²) in [6.45, 7) is 7.85. The summed E-state index contributed by atoms with van der Waals surface area (Å²) < 4.78 is 1.84. The number of Topliss-reactive ketones (excluding diaryl/α,β-unsaturated/α-hetero) is 1. The summed E-state index contributed by atoms with van der Waals surface area (Å²) >= 11 is 0. The summed E-state index contributed by atoms with van der Waals surface area (Å²) in [6.07, 6.45) is 2.61. The van der Waals surface area contributed by atoms with Crippen molar-refractivity contribution in [1.82, 2.24) is 14.9 Å². The van der Waals surface area contributed by atoms with Gasteiger partial charge in [-0.2, -0.15) is 0 Å². The molecule has 0 unspecified atom stereocenters. The molecule has 1 aliphatic rings. The zero-order chi connectivity index (χ0) is 20.5. The monoisotopic (exact) mass is 382 g/mol. The number of rotatable bonds is 4. The van der Waals surface area contributed by atoms with E-state index in [2.05, 4.69) is 15.6 Å². The number of aromatic nitrogens is 2. The van der Waals surface area contributed by atoms with E-state index >= 15 is 0 Å². The molecule has 0 saturated carbocycles. The second kappa shape index (κ2) is 7.58. The zero-order valence-electron chi connectivity index (χ0n) is 16.8. The summed E-state index contributed by atoms with van der Waals surface area (Å²) in [6, 6.07) is 6.77. The van der Waals surface area contributed by atoms with Gasteiger partial charge in [-0.25, -0.2) is 4.98 Å². The van der Waals surface area contributed by atoms with Crippen LogP contribution in [0.5, 0.6) is 0 Å². The third-order valence-electron chi connectivity index (χ3n) is 4.55. The first kappa shape index (κ1) is 19.8. The predicted molar refractivity (Wildman–Crippen MR) is 107 cm³/mol. The highest BCUT2D eigenvalue weighted by atomic mass is 16.2. The molecule has 1 aliphatic heterocycles. The highest BCUT2D eigenvalue weighted by Gasteiger charge is 2.29. The number of hydrogen-bond donors (Lipinski definition) is 2. The second-order valence-electron chi connectivity index (χ2n) is 8.13. The van der Waals surface area contributed by atoms with Crippen molar-refractivity contribution >= 4 is 23.3 Å². The third-order valence-corrected chi connectivity index (χ3v) is 4.55. The number of carbonyl (C=O) groups is 3. The van der Waals surface area contributed by atoms with Gasteiger partial charge in [0.05, 0.1) is 5.69 Å². The first-order valence-corrected chi connectivity index (χ1v) is 9.50.